The fraction of sp³-hybridized carbons (Fsp3) is 0.400. The first-order chi connectivity index (χ1) is 8.44. The number of nitrogens with two attached hydrogens (primary N) is 1. The minimum atomic E-state index is -0.731. The van der Waals surface area contributed by atoms with Crippen molar-refractivity contribution >= 4 is 6.09 Å². The number of carbonyl (C=O) groups excluding carboxylic acids is 1. The summed E-state index contributed by atoms with van der Waals surface area (Å²) < 4.78 is 5.14. The summed E-state index contributed by atoms with van der Waals surface area (Å²) in [5.74, 6) is 0.276. The van der Waals surface area contributed by atoms with E-state index >= 15 is 0 Å². The van der Waals surface area contributed by atoms with Gasteiger partial charge in [-0.3, -0.25) is 0 Å². The van der Waals surface area contributed by atoms with E-state index in [4.69, 9.17) is 10.5 Å². The summed E-state index contributed by atoms with van der Waals surface area (Å²) in [5, 5.41) is 0. The number of hydrogen-bond donors (Lipinski definition) is 1. The van der Waals surface area contributed by atoms with Crippen molar-refractivity contribution in [1.29, 1.82) is 0 Å². The largest absolute Gasteiger partial charge is 0.444 e. The average molecular weight is 247 g/mol. The highest BCUT2D eigenvalue weighted by Gasteiger charge is 2.26. The van der Waals surface area contributed by atoms with Crippen molar-refractivity contribution in [2.24, 2.45) is 5.73 Å². The number of hydrogen-bond acceptors (Lipinski definition) is 2. The van der Waals surface area contributed by atoms with Gasteiger partial charge in [0.1, 0.15) is 5.60 Å². The SMILES string of the molecule is C=CC[C@@H](CC(C)(C)OC(N)=O)c1ccccc1. The molecule has 3 heteroatoms. The van der Waals surface area contributed by atoms with E-state index in [-0.39, 0.29) is 5.92 Å². The molecule has 0 aliphatic carbocycles. The van der Waals surface area contributed by atoms with Crippen LogP contribution in [-0.2, 0) is 4.74 Å². The standard InChI is InChI=1S/C15H21NO2/c1-4-8-13(12-9-6-5-7-10-12)11-15(2,3)18-14(16)17/h4-7,9-10,13H,1,8,11H2,2-3H3,(H2,16,17)/t13-/m0/s1. The maximum Gasteiger partial charge on any atom is 0.405 e. The first-order valence-electron chi connectivity index (χ1n) is 6.09. The molecule has 18 heavy (non-hydrogen) atoms. The number of ether oxygens (including phenoxy) is 1. The first kappa shape index (κ1) is 14.3. The van der Waals surface area contributed by atoms with Crippen LogP contribution < -0.4 is 5.73 Å². The molecule has 1 amide bonds. The van der Waals surface area contributed by atoms with E-state index in [0.717, 1.165) is 6.42 Å². The number of allylic oxidation sites excluding steroid dienone is 1. The molecule has 0 aromatic heterocycles. The van der Waals surface area contributed by atoms with Crippen LogP contribution in [0.4, 0.5) is 4.79 Å². The molecule has 1 atom stereocenters. The maximum atomic E-state index is 10.9. The third kappa shape index (κ3) is 4.62. The van der Waals surface area contributed by atoms with Gasteiger partial charge in [0.25, 0.3) is 0 Å². The molecular formula is C15H21NO2. The Kier molecular flexibility index (Phi) is 4.95. The summed E-state index contributed by atoms with van der Waals surface area (Å²) in [5.41, 5.74) is 5.73. The Hall–Kier alpha value is -1.77. The monoisotopic (exact) mass is 247 g/mol. The number of amides is 1. The van der Waals surface area contributed by atoms with E-state index in [0.29, 0.717) is 6.42 Å². The van der Waals surface area contributed by atoms with Crippen molar-refractivity contribution in [3.8, 4) is 0 Å². The molecule has 0 saturated heterocycles. The highest BCUT2D eigenvalue weighted by atomic mass is 16.6. The fourth-order valence-corrected chi connectivity index (χ4v) is 2.17. The lowest BCUT2D eigenvalue weighted by molar-refractivity contribution is 0.0338. The van der Waals surface area contributed by atoms with Gasteiger partial charge in [-0.1, -0.05) is 36.4 Å². The smallest absolute Gasteiger partial charge is 0.405 e. The van der Waals surface area contributed by atoms with E-state index in [9.17, 15) is 4.79 Å². The van der Waals surface area contributed by atoms with E-state index in [1.165, 1.54) is 5.56 Å². The van der Waals surface area contributed by atoms with E-state index in [2.05, 4.69) is 18.7 Å². The van der Waals surface area contributed by atoms with Gasteiger partial charge in [0.05, 0.1) is 0 Å². The zero-order chi connectivity index (χ0) is 13.6. The molecule has 0 aliphatic heterocycles. The van der Waals surface area contributed by atoms with Crippen LogP contribution in [0.25, 0.3) is 0 Å². The van der Waals surface area contributed by atoms with Crippen LogP contribution in [0.15, 0.2) is 43.0 Å². The molecule has 0 bridgehead atoms. The molecule has 0 radical (unpaired) electrons. The zero-order valence-corrected chi connectivity index (χ0v) is 11.1. The molecule has 0 fully saturated rings. The van der Waals surface area contributed by atoms with Crippen LogP contribution >= 0.6 is 0 Å². The Morgan fingerprint density at radius 3 is 2.56 bits per heavy atom. The molecule has 98 valence electrons. The van der Waals surface area contributed by atoms with Gasteiger partial charge in [-0.05, 0) is 38.2 Å². The Balaban J connectivity index is 2.80. The Morgan fingerprint density at radius 2 is 2.06 bits per heavy atom. The van der Waals surface area contributed by atoms with Gasteiger partial charge < -0.3 is 10.5 Å². The van der Waals surface area contributed by atoms with Gasteiger partial charge in [-0.2, -0.15) is 0 Å². The predicted octanol–water partition coefficient (Wildman–Crippen LogP) is 3.61. The van der Waals surface area contributed by atoms with Crippen molar-refractivity contribution in [2.45, 2.75) is 38.2 Å². The molecule has 1 rings (SSSR count). The molecule has 2 N–H and O–H groups in total. The molecular weight excluding hydrogens is 226 g/mol. The van der Waals surface area contributed by atoms with Gasteiger partial charge in [-0.15, -0.1) is 6.58 Å². The fourth-order valence-electron chi connectivity index (χ4n) is 2.17. The van der Waals surface area contributed by atoms with Gasteiger partial charge in [0, 0.05) is 0 Å². The van der Waals surface area contributed by atoms with Crippen molar-refractivity contribution in [3.63, 3.8) is 0 Å². The van der Waals surface area contributed by atoms with Gasteiger partial charge in [0.2, 0.25) is 0 Å². The number of primary amides is 1. The summed E-state index contributed by atoms with van der Waals surface area (Å²) in [4.78, 5) is 10.9. The molecule has 0 heterocycles. The van der Waals surface area contributed by atoms with E-state index in [1.807, 2.05) is 38.1 Å². The van der Waals surface area contributed by atoms with Gasteiger partial charge >= 0.3 is 6.09 Å². The van der Waals surface area contributed by atoms with Crippen LogP contribution in [0.3, 0.4) is 0 Å². The minimum Gasteiger partial charge on any atom is -0.444 e. The quantitative estimate of drug-likeness (QED) is 0.781. The second-order valence-electron chi connectivity index (χ2n) is 5.02. The minimum absolute atomic E-state index is 0.276. The van der Waals surface area contributed by atoms with Crippen molar-refractivity contribution in [3.05, 3.63) is 48.6 Å². The van der Waals surface area contributed by atoms with Gasteiger partial charge in [-0.25, -0.2) is 4.79 Å². The van der Waals surface area contributed by atoms with Crippen molar-refractivity contribution < 1.29 is 9.53 Å². The Bertz CT molecular complexity index is 398. The second-order valence-corrected chi connectivity index (χ2v) is 5.02. The third-order valence-corrected chi connectivity index (χ3v) is 2.84. The molecule has 1 aromatic rings. The topological polar surface area (TPSA) is 52.3 Å². The maximum absolute atomic E-state index is 10.9. The second kappa shape index (κ2) is 6.24. The number of benzene rings is 1. The molecule has 0 spiro atoms. The first-order valence-corrected chi connectivity index (χ1v) is 6.09. The van der Waals surface area contributed by atoms with Crippen LogP contribution in [0.1, 0.15) is 38.2 Å². The molecule has 0 saturated carbocycles. The summed E-state index contributed by atoms with van der Waals surface area (Å²) in [6, 6.07) is 10.2. The lowest BCUT2D eigenvalue weighted by Crippen LogP contribution is -2.32. The molecule has 3 nitrogen and oxygen atoms in total. The zero-order valence-electron chi connectivity index (χ0n) is 11.1. The van der Waals surface area contributed by atoms with Crippen molar-refractivity contribution in [1.82, 2.24) is 0 Å². The Labute approximate surface area is 109 Å². The summed E-state index contributed by atoms with van der Waals surface area (Å²) in [6.45, 7) is 7.53. The average Bonchev–Trinajstić information content (AvgIpc) is 2.27. The van der Waals surface area contributed by atoms with Crippen LogP contribution in [-0.4, -0.2) is 11.7 Å². The summed E-state index contributed by atoms with van der Waals surface area (Å²) >= 11 is 0. The van der Waals surface area contributed by atoms with Gasteiger partial charge in [0.15, 0.2) is 0 Å². The number of carbonyl (C=O) groups is 1. The van der Waals surface area contributed by atoms with Crippen molar-refractivity contribution in [2.75, 3.05) is 0 Å². The molecule has 0 aliphatic rings. The van der Waals surface area contributed by atoms with Crippen LogP contribution in [0.5, 0.6) is 0 Å². The summed E-state index contributed by atoms with van der Waals surface area (Å²) in [6.07, 6.45) is 2.71. The normalized spacial score (nSPS) is 12.8. The number of rotatable bonds is 6. The lowest BCUT2D eigenvalue weighted by Gasteiger charge is -2.28. The van der Waals surface area contributed by atoms with E-state index in [1.54, 1.807) is 0 Å². The third-order valence-electron chi connectivity index (χ3n) is 2.84. The lowest BCUT2D eigenvalue weighted by atomic mass is 9.85. The van der Waals surface area contributed by atoms with E-state index < -0.39 is 11.7 Å². The molecule has 1 aromatic carbocycles. The molecule has 0 unspecified atom stereocenters. The Morgan fingerprint density at radius 1 is 1.44 bits per heavy atom. The summed E-state index contributed by atoms with van der Waals surface area (Å²) in [7, 11) is 0. The van der Waals surface area contributed by atoms with Crippen LogP contribution in [0, 0.1) is 0 Å². The highest BCUT2D eigenvalue weighted by molar-refractivity contribution is 5.65. The van der Waals surface area contributed by atoms with Crippen LogP contribution in [0.2, 0.25) is 0 Å². The predicted molar refractivity (Wildman–Crippen MR) is 73.4 cm³/mol. The highest BCUT2D eigenvalue weighted by Crippen LogP contribution is 2.31.